The quantitative estimate of drug-likeness (QED) is 0.0553. The zero-order chi connectivity index (χ0) is 42.1. The first-order chi connectivity index (χ1) is 28.8. The van der Waals surface area contributed by atoms with Crippen LogP contribution in [0.4, 0.5) is 0 Å². The third-order valence-electron chi connectivity index (χ3n) is 10.2. The maximum Gasteiger partial charge on any atom is 0.205 e. The van der Waals surface area contributed by atoms with Gasteiger partial charge in [0.1, 0.15) is 5.56 Å². The van der Waals surface area contributed by atoms with E-state index >= 15 is 0 Å². The van der Waals surface area contributed by atoms with Gasteiger partial charge in [-0.2, -0.15) is 0 Å². The van der Waals surface area contributed by atoms with E-state index in [1.165, 1.54) is 0 Å². The highest BCUT2D eigenvalue weighted by Crippen LogP contribution is 2.64. The molecule has 60 heavy (non-hydrogen) atoms. The van der Waals surface area contributed by atoms with Gasteiger partial charge >= 0.3 is 0 Å². The molecule has 0 saturated heterocycles. The van der Waals surface area contributed by atoms with Crippen LogP contribution in [0.5, 0.6) is 63.2 Å². The van der Waals surface area contributed by atoms with Crippen molar-refractivity contribution in [3.8, 4) is 131 Å². The molecule has 0 amide bonds. The Bertz CT molecular complexity index is 3060. The summed E-state index contributed by atoms with van der Waals surface area (Å²) in [4.78, 5) is 13.8. The minimum Gasteiger partial charge on any atom is -0.504 e. The van der Waals surface area contributed by atoms with Gasteiger partial charge in [-0.3, -0.25) is 0 Å². The average molecular weight is 820 g/mol. The summed E-state index contributed by atoms with van der Waals surface area (Å²) in [7, 11) is 0. The van der Waals surface area contributed by atoms with Crippen molar-refractivity contribution in [3.05, 3.63) is 109 Å². The first-order valence-corrected chi connectivity index (χ1v) is 18.7. The van der Waals surface area contributed by atoms with Gasteiger partial charge in [0.15, 0.2) is 63.5 Å². The number of aromatic nitrogens is 3. The van der Waals surface area contributed by atoms with Crippen LogP contribution in [0.2, 0.25) is 0 Å². The number of benzene rings is 7. The van der Waals surface area contributed by atoms with Gasteiger partial charge in [-0.15, -0.1) is 11.3 Å². The third kappa shape index (κ3) is 5.67. The number of phenolic OH excluding ortho intramolecular Hbond substituents is 11. The maximum absolute atomic E-state index is 11.7. The molecule has 9 rings (SSSR count). The summed E-state index contributed by atoms with van der Waals surface area (Å²) in [5, 5.41) is 120. The van der Waals surface area contributed by atoms with E-state index in [4.69, 9.17) is 4.98 Å². The van der Waals surface area contributed by atoms with E-state index in [0.29, 0.717) is 22.5 Å². The molecule has 0 aliphatic carbocycles. The number of nitrogens with zero attached hydrogens (tertiary/aromatic N) is 3. The number of thiophene rings is 1. The zero-order valence-electron chi connectivity index (χ0n) is 30.6. The molecule has 7 aromatic carbocycles. The van der Waals surface area contributed by atoms with E-state index < -0.39 is 96.5 Å². The smallest absolute Gasteiger partial charge is 0.205 e. The second-order valence-electron chi connectivity index (χ2n) is 13.7. The van der Waals surface area contributed by atoms with E-state index in [2.05, 4.69) is 9.97 Å². The molecule has 0 bridgehead atoms. The van der Waals surface area contributed by atoms with Gasteiger partial charge in [0, 0.05) is 11.1 Å². The number of rotatable bonds is 6. The van der Waals surface area contributed by atoms with E-state index in [1.807, 2.05) is 84.9 Å². The summed E-state index contributed by atoms with van der Waals surface area (Å²) in [6.07, 6.45) is 0. The number of aromatic hydroxyl groups is 11. The van der Waals surface area contributed by atoms with Gasteiger partial charge in [-0.25, -0.2) is 15.0 Å². The molecule has 2 aromatic heterocycles. The minimum atomic E-state index is -1.24. The van der Waals surface area contributed by atoms with Crippen LogP contribution >= 0.6 is 11.3 Å². The Balaban J connectivity index is 1.25. The predicted octanol–water partition coefficient (Wildman–Crippen LogP) is 9.00. The molecule has 2 heterocycles. The molecule has 14 nitrogen and oxygen atoms in total. The van der Waals surface area contributed by atoms with Gasteiger partial charge in [-0.05, 0) is 22.3 Å². The maximum atomic E-state index is 11.7. The van der Waals surface area contributed by atoms with Crippen molar-refractivity contribution in [3.63, 3.8) is 0 Å². The lowest BCUT2D eigenvalue weighted by Crippen LogP contribution is -2.01. The van der Waals surface area contributed by atoms with Crippen LogP contribution in [0, 0.1) is 0 Å². The SMILES string of the molecule is Oc1c(O)c(-c2c(O)c(O)c(O)c3c2sc2c(O)c(O)c(O)c(O)c23)c(O)c(O)c1-c1nc(-c2ccc(-c3ccccc3)cc2)nc(-c2ccc(-c3ccccc3)cc2)n1. The highest BCUT2D eigenvalue weighted by Gasteiger charge is 2.35. The Hall–Kier alpha value is -8.43. The van der Waals surface area contributed by atoms with E-state index in [0.717, 1.165) is 22.3 Å². The van der Waals surface area contributed by atoms with Crippen LogP contribution in [0.3, 0.4) is 0 Å². The Morgan fingerprint density at radius 3 is 1.07 bits per heavy atom. The lowest BCUT2D eigenvalue weighted by Gasteiger charge is -2.18. The van der Waals surface area contributed by atoms with Crippen LogP contribution in [0.15, 0.2) is 109 Å². The van der Waals surface area contributed by atoms with Crippen LogP contribution < -0.4 is 0 Å². The minimum absolute atomic E-state index is 0.0859. The predicted molar refractivity (Wildman–Crippen MR) is 224 cm³/mol. The standard InChI is InChI=1S/C45H29N3O11S/c49-30-25(26-32(51)37(56)33(52)27-28-34(53)38(57)39(58)40(59)42(28)60-41(26)27)31(50)36(55)29(35(30)54)45-47-43(23-15-11-21(12-16-23)19-7-3-1-4-8-19)46-44(48-45)24-17-13-22(14-18-24)20-9-5-2-6-10-20/h1-18,49-59H. The summed E-state index contributed by atoms with van der Waals surface area (Å²) < 4.78 is -0.713. The molecular formula is C45H29N3O11S. The second kappa shape index (κ2) is 13.9. The van der Waals surface area contributed by atoms with Crippen LogP contribution in [-0.2, 0) is 0 Å². The van der Waals surface area contributed by atoms with Gasteiger partial charge in [0.05, 0.1) is 31.3 Å². The normalized spacial score (nSPS) is 11.4. The van der Waals surface area contributed by atoms with Crippen molar-refractivity contribution in [1.29, 1.82) is 0 Å². The van der Waals surface area contributed by atoms with Gasteiger partial charge in [0.2, 0.25) is 17.2 Å². The molecule has 15 heteroatoms. The Morgan fingerprint density at radius 1 is 0.267 bits per heavy atom. The number of phenols is 11. The summed E-state index contributed by atoms with van der Waals surface area (Å²) in [6, 6.07) is 33.8. The number of hydrogen-bond acceptors (Lipinski definition) is 15. The van der Waals surface area contributed by atoms with Crippen molar-refractivity contribution in [2.75, 3.05) is 0 Å². The molecule has 0 unspecified atom stereocenters. The molecule has 0 radical (unpaired) electrons. The summed E-state index contributed by atoms with van der Waals surface area (Å²) in [5.41, 5.74) is 2.53. The molecule has 0 aliphatic rings. The van der Waals surface area contributed by atoms with Gasteiger partial charge in [-0.1, -0.05) is 109 Å². The summed E-state index contributed by atoms with van der Waals surface area (Å²) in [5.74, 6) is -12.5. The van der Waals surface area contributed by atoms with Crippen LogP contribution in [0.1, 0.15) is 0 Å². The van der Waals surface area contributed by atoms with E-state index in [9.17, 15) is 56.2 Å². The lowest BCUT2D eigenvalue weighted by molar-refractivity contribution is 0.351. The Labute approximate surface area is 341 Å². The summed E-state index contributed by atoms with van der Waals surface area (Å²) >= 11 is 0.481. The molecule has 9 aromatic rings. The lowest BCUT2D eigenvalue weighted by atomic mass is 9.95. The molecule has 11 N–H and O–H groups in total. The summed E-state index contributed by atoms with van der Waals surface area (Å²) in [6.45, 7) is 0. The number of fused-ring (bicyclic) bond motifs is 3. The van der Waals surface area contributed by atoms with Crippen molar-refractivity contribution >= 4 is 31.5 Å². The largest absolute Gasteiger partial charge is 0.504 e. The fourth-order valence-electron chi connectivity index (χ4n) is 7.14. The molecular weight excluding hydrogens is 791 g/mol. The monoisotopic (exact) mass is 819 g/mol. The van der Waals surface area contributed by atoms with Crippen molar-refractivity contribution in [2.24, 2.45) is 0 Å². The second-order valence-corrected chi connectivity index (χ2v) is 14.7. The molecule has 0 atom stereocenters. The van der Waals surface area contributed by atoms with E-state index in [1.54, 1.807) is 24.3 Å². The van der Waals surface area contributed by atoms with Crippen molar-refractivity contribution in [1.82, 2.24) is 15.0 Å². The third-order valence-corrected chi connectivity index (χ3v) is 11.4. The highest BCUT2D eigenvalue weighted by atomic mass is 32.1. The Kier molecular flexibility index (Phi) is 8.61. The van der Waals surface area contributed by atoms with E-state index in [-0.39, 0.29) is 21.0 Å². The average Bonchev–Trinajstić information content (AvgIpc) is 3.69. The first kappa shape index (κ1) is 37.2. The molecule has 0 aliphatic heterocycles. The highest BCUT2D eigenvalue weighted by molar-refractivity contribution is 7.27. The van der Waals surface area contributed by atoms with Gasteiger partial charge in [0.25, 0.3) is 0 Å². The van der Waals surface area contributed by atoms with Gasteiger partial charge < -0.3 is 56.2 Å². The molecule has 0 fully saturated rings. The topological polar surface area (TPSA) is 261 Å². The fourth-order valence-corrected chi connectivity index (χ4v) is 8.44. The number of hydrogen-bond donors (Lipinski definition) is 11. The van der Waals surface area contributed by atoms with Crippen molar-refractivity contribution in [2.45, 2.75) is 0 Å². The molecule has 0 saturated carbocycles. The van der Waals surface area contributed by atoms with Crippen LogP contribution in [-0.4, -0.2) is 71.1 Å². The van der Waals surface area contributed by atoms with Crippen LogP contribution in [0.25, 0.3) is 87.7 Å². The fraction of sp³-hybridized carbons (Fsp3) is 0. The first-order valence-electron chi connectivity index (χ1n) is 17.9. The Morgan fingerprint density at radius 2 is 0.600 bits per heavy atom. The van der Waals surface area contributed by atoms with Crippen molar-refractivity contribution < 1.29 is 56.2 Å². The molecule has 296 valence electrons. The molecule has 0 spiro atoms. The zero-order valence-corrected chi connectivity index (χ0v) is 31.4.